The van der Waals surface area contributed by atoms with Crippen LogP contribution in [-0.2, 0) is 17.8 Å². The van der Waals surface area contributed by atoms with Gasteiger partial charge in [0.05, 0.1) is 12.3 Å². The summed E-state index contributed by atoms with van der Waals surface area (Å²) in [6.45, 7) is 9.37. The minimum absolute atomic E-state index is 0.498. The predicted molar refractivity (Wildman–Crippen MR) is 77.1 cm³/mol. The first-order valence-electron chi connectivity index (χ1n) is 7.53. The normalized spacial score (nSPS) is 19.5. The van der Waals surface area contributed by atoms with E-state index < -0.39 is 0 Å². The molecule has 1 aromatic heterocycles. The minimum atomic E-state index is 0.498. The fraction of sp³-hybridized carbons (Fsp3) is 0.800. The van der Waals surface area contributed by atoms with Gasteiger partial charge in [-0.1, -0.05) is 13.8 Å². The van der Waals surface area contributed by atoms with Crippen molar-refractivity contribution in [2.45, 2.75) is 71.7 Å². The maximum atomic E-state index is 5.65. The Morgan fingerprint density at radius 1 is 1.53 bits per heavy atom. The fourth-order valence-corrected chi connectivity index (χ4v) is 2.54. The minimum Gasteiger partial charge on any atom is -0.378 e. The van der Waals surface area contributed by atoms with Gasteiger partial charge >= 0.3 is 0 Å². The zero-order valence-corrected chi connectivity index (χ0v) is 12.5. The summed E-state index contributed by atoms with van der Waals surface area (Å²) in [4.78, 5) is 0. The average Bonchev–Trinajstić information content (AvgIpc) is 2.99. The van der Waals surface area contributed by atoms with Crippen molar-refractivity contribution in [2.24, 2.45) is 0 Å². The van der Waals surface area contributed by atoms with Crippen LogP contribution in [0.1, 0.15) is 50.8 Å². The van der Waals surface area contributed by atoms with Gasteiger partial charge in [0, 0.05) is 37.0 Å². The molecular formula is C15H27N3O. The Labute approximate surface area is 116 Å². The van der Waals surface area contributed by atoms with E-state index in [1.807, 2.05) is 6.20 Å². The third kappa shape index (κ3) is 4.32. The lowest BCUT2D eigenvalue weighted by Gasteiger charge is -2.10. The molecular weight excluding hydrogens is 238 g/mol. The van der Waals surface area contributed by atoms with Gasteiger partial charge in [0.15, 0.2) is 0 Å². The number of hydrogen-bond donors (Lipinski definition) is 1. The van der Waals surface area contributed by atoms with Crippen molar-refractivity contribution >= 4 is 0 Å². The Kier molecular flexibility index (Phi) is 5.40. The Bertz CT molecular complexity index is 381. The smallest absolute Gasteiger partial charge is 0.0576 e. The van der Waals surface area contributed by atoms with Gasteiger partial charge in [-0.25, -0.2) is 0 Å². The molecule has 0 aromatic carbocycles. The van der Waals surface area contributed by atoms with Crippen LogP contribution in [0.3, 0.4) is 0 Å². The van der Waals surface area contributed by atoms with Crippen LogP contribution < -0.4 is 5.32 Å². The van der Waals surface area contributed by atoms with Crippen molar-refractivity contribution in [3.8, 4) is 0 Å². The second-order valence-corrected chi connectivity index (χ2v) is 5.79. The summed E-state index contributed by atoms with van der Waals surface area (Å²) in [5.41, 5.74) is 2.60. The Morgan fingerprint density at radius 2 is 2.37 bits per heavy atom. The average molecular weight is 265 g/mol. The van der Waals surface area contributed by atoms with Crippen LogP contribution in [0.4, 0.5) is 0 Å². The van der Waals surface area contributed by atoms with Gasteiger partial charge in [-0.15, -0.1) is 0 Å². The number of aryl methyl sites for hydroxylation is 1. The first kappa shape index (κ1) is 14.5. The third-order valence-electron chi connectivity index (χ3n) is 3.83. The molecule has 19 heavy (non-hydrogen) atoms. The molecule has 0 aliphatic carbocycles. The van der Waals surface area contributed by atoms with E-state index in [2.05, 4.69) is 35.9 Å². The van der Waals surface area contributed by atoms with E-state index in [1.54, 1.807) is 0 Å². The van der Waals surface area contributed by atoms with Gasteiger partial charge < -0.3 is 10.1 Å². The lowest BCUT2D eigenvalue weighted by molar-refractivity contribution is 0.101. The molecule has 108 valence electrons. The molecule has 1 fully saturated rings. The molecule has 1 unspecified atom stereocenters. The monoisotopic (exact) mass is 265 g/mol. The highest BCUT2D eigenvalue weighted by Crippen LogP contribution is 2.17. The van der Waals surface area contributed by atoms with Gasteiger partial charge in [-0.05, 0) is 32.6 Å². The Balaban J connectivity index is 1.76. The molecule has 4 heteroatoms. The predicted octanol–water partition coefficient (Wildman–Crippen LogP) is 2.65. The summed E-state index contributed by atoms with van der Waals surface area (Å²) in [5.74, 6) is 0. The molecule has 0 bridgehead atoms. The SMILES string of the molecule is Cc1c(CNC(C)C)cnn1CCCC1CCCO1. The largest absolute Gasteiger partial charge is 0.378 e. The van der Waals surface area contributed by atoms with Crippen LogP contribution in [0.25, 0.3) is 0 Å². The Morgan fingerprint density at radius 3 is 3.05 bits per heavy atom. The van der Waals surface area contributed by atoms with Crippen LogP contribution in [0.5, 0.6) is 0 Å². The molecule has 1 saturated heterocycles. The van der Waals surface area contributed by atoms with Crippen LogP contribution in [0.2, 0.25) is 0 Å². The maximum absolute atomic E-state index is 5.65. The second-order valence-electron chi connectivity index (χ2n) is 5.79. The summed E-state index contributed by atoms with van der Waals surface area (Å²) in [6.07, 6.45) is 7.29. The number of aromatic nitrogens is 2. The summed E-state index contributed by atoms with van der Waals surface area (Å²) in [6, 6.07) is 0.516. The highest BCUT2D eigenvalue weighted by molar-refractivity contribution is 5.15. The van der Waals surface area contributed by atoms with Gasteiger partial charge in [0.2, 0.25) is 0 Å². The molecule has 1 aliphatic rings. The third-order valence-corrected chi connectivity index (χ3v) is 3.83. The first-order valence-corrected chi connectivity index (χ1v) is 7.53. The van der Waals surface area contributed by atoms with E-state index in [4.69, 9.17) is 4.74 Å². The van der Waals surface area contributed by atoms with Gasteiger partial charge in [0.25, 0.3) is 0 Å². The van der Waals surface area contributed by atoms with Crippen molar-refractivity contribution in [3.63, 3.8) is 0 Å². The molecule has 4 nitrogen and oxygen atoms in total. The molecule has 0 amide bonds. The van der Waals surface area contributed by atoms with Gasteiger partial charge in [0.1, 0.15) is 0 Å². The lowest BCUT2D eigenvalue weighted by atomic mass is 10.1. The van der Waals surface area contributed by atoms with E-state index in [1.165, 1.54) is 30.5 Å². The van der Waals surface area contributed by atoms with E-state index >= 15 is 0 Å². The summed E-state index contributed by atoms with van der Waals surface area (Å²) in [5, 5.41) is 7.94. The van der Waals surface area contributed by atoms with Crippen LogP contribution in [0, 0.1) is 6.92 Å². The molecule has 1 aliphatic heterocycles. The van der Waals surface area contributed by atoms with Crippen LogP contribution in [-0.4, -0.2) is 28.5 Å². The number of rotatable bonds is 7. The number of nitrogens with one attached hydrogen (secondary N) is 1. The summed E-state index contributed by atoms with van der Waals surface area (Å²) >= 11 is 0. The molecule has 2 rings (SSSR count). The van der Waals surface area contributed by atoms with Gasteiger partial charge in [-0.2, -0.15) is 5.10 Å². The number of hydrogen-bond acceptors (Lipinski definition) is 3. The van der Waals surface area contributed by atoms with E-state index in [0.29, 0.717) is 12.1 Å². The quantitative estimate of drug-likeness (QED) is 0.824. The standard InChI is InChI=1S/C15H27N3O/c1-12(2)16-10-14-11-17-18(13(14)3)8-4-6-15-7-5-9-19-15/h11-12,15-16H,4-10H2,1-3H3. The molecule has 1 aromatic rings. The Hall–Kier alpha value is -0.870. The van der Waals surface area contributed by atoms with Crippen molar-refractivity contribution in [1.29, 1.82) is 0 Å². The summed E-state index contributed by atoms with van der Waals surface area (Å²) < 4.78 is 7.78. The van der Waals surface area contributed by atoms with Crippen molar-refractivity contribution < 1.29 is 4.74 Å². The topological polar surface area (TPSA) is 39.1 Å². The molecule has 0 saturated carbocycles. The second kappa shape index (κ2) is 7.06. The van der Waals surface area contributed by atoms with Gasteiger partial charge in [-0.3, -0.25) is 4.68 Å². The van der Waals surface area contributed by atoms with Crippen LogP contribution in [0.15, 0.2) is 6.20 Å². The zero-order chi connectivity index (χ0) is 13.7. The first-order chi connectivity index (χ1) is 9.16. The van der Waals surface area contributed by atoms with Crippen LogP contribution >= 0.6 is 0 Å². The fourth-order valence-electron chi connectivity index (χ4n) is 2.54. The van der Waals surface area contributed by atoms with E-state index in [-0.39, 0.29) is 0 Å². The molecule has 0 spiro atoms. The maximum Gasteiger partial charge on any atom is 0.0576 e. The highest BCUT2D eigenvalue weighted by Gasteiger charge is 2.15. The van der Waals surface area contributed by atoms with Crippen molar-refractivity contribution in [1.82, 2.24) is 15.1 Å². The highest BCUT2D eigenvalue weighted by atomic mass is 16.5. The lowest BCUT2D eigenvalue weighted by Crippen LogP contribution is -2.22. The zero-order valence-electron chi connectivity index (χ0n) is 12.5. The molecule has 1 N–H and O–H groups in total. The van der Waals surface area contributed by atoms with Crippen molar-refractivity contribution in [2.75, 3.05) is 6.61 Å². The summed E-state index contributed by atoms with van der Waals surface area (Å²) in [7, 11) is 0. The van der Waals surface area contributed by atoms with E-state index in [9.17, 15) is 0 Å². The number of ether oxygens (including phenoxy) is 1. The molecule has 0 radical (unpaired) electrons. The molecule has 1 atom stereocenters. The number of nitrogens with zero attached hydrogens (tertiary/aromatic N) is 2. The van der Waals surface area contributed by atoms with E-state index in [0.717, 1.165) is 26.1 Å². The van der Waals surface area contributed by atoms with Crippen molar-refractivity contribution in [3.05, 3.63) is 17.5 Å². The molecule has 2 heterocycles.